The Morgan fingerprint density at radius 3 is 2.79 bits per heavy atom. The van der Waals surface area contributed by atoms with Crippen LogP contribution in [-0.2, 0) is 0 Å². The van der Waals surface area contributed by atoms with Crippen LogP contribution in [0.5, 0.6) is 0 Å². The molecule has 4 aromatic rings. The van der Waals surface area contributed by atoms with Gasteiger partial charge in [-0.2, -0.15) is 4.98 Å². The predicted octanol–water partition coefficient (Wildman–Crippen LogP) is 4.56. The monoisotopic (exact) mass is 393 g/mol. The zero-order valence-electron chi connectivity index (χ0n) is 16.8. The van der Waals surface area contributed by atoms with Crippen molar-refractivity contribution in [2.24, 2.45) is 0 Å². The molecular formula is C21H24FN7. The molecule has 7 nitrogen and oxygen atoms in total. The van der Waals surface area contributed by atoms with E-state index in [2.05, 4.69) is 43.7 Å². The minimum atomic E-state index is -1.12. The first-order valence-electron chi connectivity index (χ1n) is 10.1. The molecule has 29 heavy (non-hydrogen) atoms. The average Bonchev–Trinajstić information content (AvgIpc) is 3.23. The third-order valence-corrected chi connectivity index (χ3v) is 5.75. The lowest BCUT2D eigenvalue weighted by molar-refractivity contribution is 0.0782. The van der Waals surface area contributed by atoms with Crippen molar-refractivity contribution in [2.75, 3.05) is 11.9 Å². The molecule has 0 saturated heterocycles. The molecule has 0 unspecified atom stereocenters. The fraction of sp³-hybridized carbons (Fsp3) is 0.429. The van der Waals surface area contributed by atoms with Gasteiger partial charge in [0.15, 0.2) is 5.65 Å². The number of H-pyrrole nitrogens is 1. The van der Waals surface area contributed by atoms with Crippen molar-refractivity contribution in [3.63, 3.8) is 0 Å². The molecule has 0 radical (unpaired) electrons. The molecule has 5 rings (SSSR count). The molecule has 150 valence electrons. The number of alkyl halides is 1. The maximum Gasteiger partial charge on any atom is 0.224 e. The van der Waals surface area contributed by atoms with Crippen molar-refractivity contribution in [1.82, 2.24) is 29.5 Å². The minimum Gasteiger partial charge on any atom is -0.351 e. The molecule has 1 saturated carbocycles. The van der Waals surface area contributed by atoms with Crippen LogP contribution in [0.4, 0.5) is 10.3 Å². The molecule has 1 aliphatic carbocycles. The number of nitrogens with one attached hydrogen (secondary N) is 2. The molecule has 0 aliphatic heterocycles. The van der Waals surface area contributed by atoms with E-state index in [-0.39, 0.29) is 12.6 Å². The summed E-state index contributed by atoms with van der Waals surface area (Å²) in [6.45, 7) is 6.51. The van der Waals surface area contributed by atoms with Crippen molar-refractivity contribution in [3.05, 3.63) is 30.4 Å². The molecule has 1 fully saturated rings. The van der Waals surface area contributed by atoms with E-state index in [0.29, 0.717) is 24.4 Å². The molecule has 4 heterocycles. The number of halogens is 1. The first-order valence-corrected chi connectivity index (χ1v) is 10.1. The van der Waals surface area contributed by atoms with Gasteiger partial charge in [0, 0.05) is 29.4 Å². The molecule has 0 amide bonds. The van der Waals surface area contributed by atoms with Crippen LogP contribution in [0.15, 0.2) is 24.5 Å². The summed E-state index contributed by atoms with van der Waals surface area (Å²) < 4.78 is 16.3. The van der Waals surface area contributed by atoms with Crippen LogP contribution >= 0.6 is 0 Å². The number of fused-ring (bicyclic) bond motifs is 2. The van der Waals surface area contributed by atoms with Gasteiger partial charge >= 0.3 is 0 Å². The van der Waals surface area contributed by atoms with Crippen LogP contribution in [0.1, 0.15) is 45.0 Å². The summed E-state index contributed by atoms with van der Waals surface area (Å²) in [5, 5.41) is 3.91. The standard InChI is InChI=1S/C21H24FN7/c1-12(2)29-13(3)26-17-6-5-16(27-19(17)29)14-9-23-18-15(14)10-24-20(28-18)25-11-21(22)7-4-8-21/h5-6,9-10,12H,4,7-8,11H2,1-3H3,(H2,23,24,25,28). The summed E-state index contributed by atoms with van der Waals surface area (Å²) in [5.41, 5.74) is 3.12. The first kappa shape index (κ1) is 18.0. The van der Waals surface area contributed by atoms with E-state index in [1.165, 1.54) is 0 Å². The van der Waals surface area contributed by atoms with Gasteiger partial charge in [0.2, 0.25) is 5.95 Å². The summed E-state index contributed by atoms with van der Waals surface area (Å²) >= 11 is 0. The Balaban J connectivity index is 1.49. The number of nitrogens with zero attached hydrogens (tertiary/aromatic N) is 5. The second-order valence-corrected chi connectivity index (χ2v) is 8.18. The molecule has 1 aliphatic rings. The fourth-order valence-electron chi connectivity index (χ4n) is 4.03. The number of aromatic amines is 1. The zero-order valence-corrected chi connectivity index (χ0v) is 16.8. The number of hydrogen-bond donors (Lipinski definition) is 2. The Morgan fingerprint density at radius 1 is 1.24 bits per heavy atom. The summed E-state index contributed by atoms with van der Waals surface area (Å²) in [5.74, 6) is 1.39. The number of aryl methyl sites for hydroxylation is 1. The Kier molecular flexibility index (Phi) is 4.04. The van der Waals surface area contributed by atoms with E-state index < -0.39 is 5.67 Å². The van der Waals surface area contributed by atoms with E-state index in [1.807, 2.05) is 25.3 Å². The fourth-order valence-corrected chi connectivity index (χ4v) is 4.03. The highest BCUT2D eigenvalue weighted by molar-refractivity contribution is 5.93. The summed E-state index contributed by atoms with van der Waals surface area (Å²) in [6, 6.07) is 4.24. The van der Waals surface area contributed by atoms with E-state index in [0.717, 1.165) is 40.1 Å². The van der Waals surface area contributed by atoms with Gasteiger partial charge in [0.1, 0.15) is 22.7 Å². The highest BCUT2D eigenvalue weighted by atomic mass is 19.1. The summed E-state index contributed by atoms with van der Waals surface area (Å²) in [6.07, 6.45) is 5.82. The Bertz CT molecular complexity index is 1200. The molecule has 0 bridgehead atoms. The molecule has 0 aromatic carbocycles. The quantitative estimate of drug-likeness (QED) is 0.519. The van der Waals surface area contributed by atoms with E-state index in [1.54, 1.807) is 6.20 Å². The second kappa shape index (κ2) is 6.50. The van der Waals surface area contributed by atoms with Gasteiger partial charge in [-0.1, -0.05) is 0 Å². The molecule has 0 spiro atoms. The molecule has 8 heteroatoms. The predicted molar refractivity (Wildman–Crippen MR) is 112 cm³/mol. The van der Waals surface area contributed by atoms with Crippen molar-refractivity contribution in [1.29, 1.82) is 0 Å². The maximum atomic E-state index is 14.2. The van der Waals surface area contributed by atoms with Crippen LogP contribution in [0.25, 0.3) is 33.5 Å². The minimum absolute atomic E-state index is 0.253. The highest BCUT2D eigenvalue weighted by Crippen LogP contribution is 2.35. The third-order valence-electron chi connectivity index (χ3n) is 5.75. The average molecular weight is 393 g/mol. The van der Waals surface area contributed by atoms with Crippen LogP contribution in [-0.4, -0.2) is 41.7 Å². The SMILES string of the molecule is Cc1nc2ccc(-c3c[nH]c4nc(NCC5(F)CCC5)ncc34)nc2n1C(C)C. The number of imidazole rings is 1. The molecular weight excluding hydrogens is 369 g/mol. The maximum absolute atomic E-state index is 14.2. The molecule has 4 aromatic heterocycles. The largest absolute Gasteiger partial charge is 0.351 e. The zero-order chi connectivity index (χ0) is 20.2. The third kappa shape index (κ3) is 3.03. The van der Waals surface area contributed by atoms with Gasteiger partial charge in [-0.05, 0) is 52.2 Å². The van der Waals surface area contributed by atoms with Crippen molar-refractivity contribution >= 4 is 28.1 Å². The van der Waals surface area contributed by atoms with Crippen LogP contribution < -0.4 is 5.32 Å². The van der Waals surface area contributed by atoms with Crippen LogP contribution in [0.2, 0.25) is 0 Å². The Labute approximate surface area is 167 Å². The highest BCUT2D eigenvalue weighted by Gasteiger charge is 2.36. The number of anilines is 1. The number of aromatic nitrogens is 6. The second-order valence-electron chi connectivity index (χ2n) is 8.18. The lowest BCUT2D eigenvalue weighted by atomic mass is 9.82. The lowest BCUT2D eigenvalue weighted by Crippen LogP contribution is -2.39. The number of rotatable bonds is 5. The van der Waals surface area contributed by atoms with Gasteiger partial charge in [0.25, 0.3) is 0 Å². The van der Waals surface area contributed by atoms with Crippen molar-refractivity contribution in [2.45, 2.75) is 51.7 Å². The lowest BCUT2D eigenvalue weighted by Gasteiger charge is -2.33. The van der Waals surface area contributed by atoms with E-state index >= 15 is 0 Å². The van der Waals surface area contributed by atoms with Crippen molar-refractivity contribution < 1.29 is 4.39 Å². The Morgan fingerprint density at radius 2 is 2.07 bits per heavy atom. The van der Waals surface area contributed by atoms with E-state index in [9.17, 15) is 4.39 Å². The van der Waals surface area contributed by atoms with Crippen LogP contribution in [0, 0.1) is 6.92 Å². The topological polar surface area (TPSA) is 84.3 Å². The summed E-state index contributed by atoms with van der Waals surface area (Å²) in [7, 11) is 0. The van der Waals surface area contributed by atoms with Gasteiger partial charge in [-0.25, -0.2) is 19.3 Å². The van der Waals surface area contributed by atoms with Crippen LogP contribution in [0.3, 0.4) is 0 Å². The first-order chi connectivity index (χ1) is 13.9. The Hall–Kier alpha value is -3.03. The van der Waals surface area contributed by atoms with E-state index in [4.69, 9.17) is 4.98 Å². The van der Waals surface area contributed by atoms with Crippen molar-refractivity contribution in [3.8, 4) is 11.3 Å². The van der Waals surface area contributed by atoms with Gasteiger partial charge in [-0.15, -0.1) is 0 Å². The summed E-state index contributed by atoms with van der Waals surface area (Å²) in [4.78, 5) is 21.6. The molecule has 2 N–H and O–H groups in total. The normalized spacial score (nSPS) is 15.9. The smallest absolute Gasteiger partial charge is 0.224 e. The van der Waals surface area contributed by atoms with Gasteiger partial charge < -0.3 is 14.9 Å². The number of hydrogen-bond acceptors (Lipinski definition) is 5. The van der Waals surface area contributed by atoms with Gasteiger partial charge in [-0.3, -0.25) is 0 Å². The number of pyridine rings is 1. The van der Waals surface area contributed by atoms with Gasteiger partial charge in [0.05, 0.1) is 12.2 Å². The molecule has 0 atom stereocenters.